The Kier molecular flexibility index (Phi) is 4.81. The largest absolute Gasteiger partial charge is 0.416 e. The maximum absolute atomic E-state index is 15.9. The normalized spacial score (nSPS) is 27.8. The molecule has 0 radical (unpaired) electrons. The number of nitrogens with zero attached hydrogens (tertiary/aromatic N) is 3. The third kappa shape index (κ3) is 9.17. The van der Waals surface area contributed by atoms with Crippen molar-refractivity contribution in [3.05, 3.63) is 135 Å². The number of amides is 1. The van der Waals surface area contributed by atoms with Gasteiger partial charge in [0, 0.05) is 72.9 Å². The molecule has 0 N–H and O–H groups in total. The Balaban J connectivity index is 1.79. The predicted octanol–water partition coefficient (Wildman–Crippen LogP) is 8.71. The summed E-state index contributed by atoms with van der Waals surface area (Å²) < 4.78 is 345. The van der Waals surface area contributed by atoms with Crippen LogP contribution < -0.4 is 5.43 Å². The number of piperidine rings is 1. The zero-order valence-electron chi connectivity index (χ0n) is 57.5. The smallest absolute Gasteiger partial charge is 0.383 e. The second kappa shape index (κ2) is 16.7. The highest BCUT2D eigenvalue weighted by Gasteiger charge is 2.31. The molecule has 4 aromatic carbocycles. The number of ether oxygens (including phenoxy) is 1. The van der Waals surface area contributed by atoms with Gasteiger partial charge in [-0.3, -0.25) is 9.59 Å². The van der Waals surface area contributed by atoms with E-state index in [0.717, 1.165) is 6.92 Å². The molecule has 1 amide bonds. The molecule has 1 saturated heterocycles. The van der Waals surface area contributed by atoms with Gasteiger partial charge in [-0.2, -0.15) is 13.2 Å². The van der Waals surface area contributed by atoms with Crippen molar-refractivity contribution in [1.29, 1.82) is 0 Å². The van der Waals surface area contributed by atoms with Crippen LogP contribution in [0.25, 0.3) is 22.0 Å². The fourth-order valence-corrected chi connectivity index (χ4v) is 5.20. The summed E-state index contributed by atoms with van der Waals surface area (Å²) in [4.78, 5) is 28.6. The van der Waals surface area contributed by atoms with Gasteiger partial charge in [-0.05, 0) is 66.6 Å². The molecule has 1 fully saturated rings. The van der Waals surface area contributed by atoms with Crippen LogP contribution in [0.5, 0.6) is 0 Å². The van der Waals surface area contributed by atoms with Gasteiger partial charge >= 0.3 is 6.18 Å². The summed E-state index contributed by atoms with van der Waals surface area (Å²) in [5, 5.41) is -2.58. The Morgan fingerprint density at radius 1 is 1.04 bits per heavy atom. The minimum absolute atomic E-state index is 0.201. The number of aromatic nitrogens is 1. The predicted molar refractivity (Wildman–Crippen MR) is 198 cm³/mol. The van der Waals surface area contributed by atoms with Crippen molar-refractivity contribution in [2.45, 2.75) is 55.7 Å². The van der Waals surface area contributed by atoms with Gasteiger partial charge in [0.25, 0.3) is 0 Å². The van der Waals surface area contributed by atoms with E-state index >= 15 is 9.18 Å². The number of hydrogen-bond donors (Lipinski definition) is 0. The third-order valence-electron chi connectivity index (χ3n) is 6.78. The van der Waals surface area contributed by atoms with Crippen molar-refractivity contribution < 1.29 is 74.0 Å². The van der Waals surface area contributed by atoms with E-state index in [-0.39, 0.29) is 16.3 Å². The molecular formula is C41H40F5N3O3S. The summed E-state index contributed by atoms with van der Waals surface area (Å²) in [5.41, 5.74) is -11.0. The Morgan fingerprint density at radius 3 is 2.42 bits per heavy atom. The highest BCUT2D eigenvalue weighted by Crippen LogP contribution is 2.32. The fourth-order valence-electron chi connectivity index (χ4n) is 4.29. The molecular weight excluding hydrogens is 710 g/mol. The lowest BCUT2D eigenvalue weighted by atomic mass is 10.00. The second-order valence-corrected chi connectivity index (χ2v) is 11.3. The van der Waals surface area contributed by atoms with Crippen molar-refractivity contribution in [2.75, 3.05) is 33.1 Å². The van der Waals surface area contributed by atoms with E-state index in [1.165, 1.54) is 0 Å². The molecule has 12 heteroatoms. The number of carbonyl (C=O) groups excluding carboxylic acids is 1. The summed E-state index contributed by atoms with van der Waals surface area (Å²) >= 11 is -0.201. The molecule has 278 valence electrons. The molecule has 0 bridgehead atoms. The molecule has 0 unspecified atom stereocenters. The third-order valence-corrected chi connectivity index (χ3v) is 7.77. The van der Waals surface area contributed by atoms with Crippen molar-refractivity contribution >= 4 is 28.6 Å². The van der Waals surface area contributed by atoms with Gasteiger partial charge in [0.1, 0.15) is 6.50 Å². The minimum Gasteiger partial charge on any atom is -0.383 e. The van der Waals surface area contributed by atoms with E-state index in [2.05, 4.69) is 4.74 Å². The number of carbonyl (C=O) groups is 1. The number of hydrogen-bond acceptors (Lipinski definition) is 5. The van der Waals surface area contributed by atoms with Gasteiger partial charge in [0.2, 0.25) is 5.91 Å². The molecule has 0 spiro atoms. The number of likely N-dealkylation sites (tertiary alicyclic amines) is 1. The number of methoxy groups -OCH3 is 1. The number of alkyl halides is 3. The molecule has 1 aromatic heterocycles. The molecule has 0 aliphatic carbocycles. The Morgan fingerprint density at radius 2 is 1.74 bits per heavy atom. The van der Waals surface area contributed by atoms with Gasteiger partial charge in [0.05, 0.1) is 54.2 Å². The lowest BCUT2D eigenvalue weighted by Gasteiger charge is -2.39. The number of thioether (sulfide) groups is 1. The quantitative estimate of drug-likeness (QED) is 0.0938. The van der Waals surface area contributed by atoms with E-state index in [4.69, 9.17) is 32.9 Å². The average molecular weight is 781 g/mol. The summed E-state index contributed by atoms with van der Waals surface area (Å²) in [6.45, 7) is -20.9. The van der Waals surface area contributed by atoms with Crippen LogP contribution in [0.1, 0.15) is 77.5 Å². The molecule has 0 atom stereocenters. The number of pyridine rings is 1. The number of halogens is 5. The molecule has 2 heterocycles. The highest BCUT2D eigenvalue weighted by molar-refractivity contribution is 7.98. The summed E-state index contributed by atoms with van der Waals surface area (Å²) in [6.07, 6.45) is -15.2. The van der Waals surface area contributed by atoms with E-state index in [1.807, 2.05) is 0 Å². The lowest BCUT2D eigenvalue weighted by Crippen LogP contribution is -2.48. The number of benzene rings is 4. The van der Waals surface area contributed by atoms with Crippen LogP contribution in [0.15, 0.2) is 100 Å². The first-order chi connectivity index (χ1) is 37.7. The van der Waals surface area contributed by atoms with Gasteiger partial charge in [-0.25, -0.2) is 8.78 Å². The molecule has 0 saturated carbocycles. The molecule has 53 heavy (non-hydrogen) atoms. The van der Waals surface area contributed by atoms with Crippen LogP contribution in [-0.4, -0.2) is 59.4 Å². The Labute approximate surface area is 352 Å². The van der Waals surface area contributed by atoms with Crippen molar-refractivity contribution in [2.24, 2.45) is 0 Å². The zero-order chi connectivity index (χ0) is 64.9. The van der Waals surface area contributed by atoms with Crippen LogP contribution in [0.4, 0.5) is 22.0 Å². The van der Waals surface area contributed by atoms with Crippen LogP contribution in [0.3, 0.4) is 0 Å². The van der Waals surface area contributed by atoms with Crippen molar-refractivity contribution in [1.82, 2.24) is 14.4 Å². The maximum Gasteiger partial charge on any atom is 0.416 e. The lowest BCUT2D eigenvalue weighted by molar-refractivity contribution is -0.137. The fraction of sp³-hybridized carbons (Fsp3) is 0.317. The number of fused-ring (bicyclic) bond motifs is 1. The second-order valence-electron chi connectivity index (χ2n) is 10.3. The average Bonchev–Trinajstić information content (AvgIpc) is 0.679. The summed E-state index contributed by atoms with van der Waals surface area (Å²) in [6, 6.07) is -27.2. The summed E-state index contributed by atoms with van der Waals surface area (Å²) in [7, 11) is -3.74. The van der Waals surface area contributed by atoms with Crippen LogP contribution in [-0.2, 0) is 34.5 Å². The standard InChI is InChI=1S/C41H40F5N3O3S/c1-27-6-15-36-34(22-27)37(50)23-39(53-26-31-4-3-5-35(42)40(31)43)49(36)25-38(51)48(33-16-18-47(19-17-33)20-21-52-2)24-28-7-9-29(10-8-28)30-11-13-32(14-12-30)41(44,45)46/h3-15,22-23,33H,16-21,24-26H2,1-2H3/i2D3,3D,4D,5D,6D,7D,8D,9D,10D,11D,12D,13D,14D,15D,16D2,17D2,18D2,19D2,21D2,22D,23D,25D2,33D. The highest BCUT2D eigenvalue weighted by atomic mass is 32.2. The van der Waals surface area contributed by atoms with Crippen molar-refractivity contribution in [3.63, 3.8) is 0 Å². The first-order valence-electron chi connectivity index (χ1n) is 30.0. The zero-order valence-corrected chi connectivity index (χ0v) is 27.3. The van der Waals surface area contributed by atoms with E-state index in [0.29, 0.717) is 0 Å². The first kappa shape index (κ1) is 15.3. The van der Waals surface area contributed by atoms with E-state index in [1.54, 1.807) is 0 Å². The Bertz CT molecular complexity index is 3570. The molecule has 1 aliphatic rings. The van der Waals surface area contributed by atoms with Crippen LogP contribution in [0.2, 0.25) is 0 Å². The molecule has 6 rings (SSSR count). The SMILES string of the molecule is [2H]c1c([2H])c(F)c(F)c(CSc2c([2H])c(=O)c3c([2H])c(C)c([2H])c([2H])c3n2C([2H])([2H])C(=O)N(Cc2c([2H])c([2H])c(-c3c([2H])c([2H])c(C(F)(F)F)c([2H])c3[2H])c([2H])c2[2H])C2([2H])C([2H])([2H])C([2H])([2H])N(CC([2H])([2H])OC([2H])([2H])[2H])C([2H])([2H])C2([2H])[2H])c1[2H]. The van der Waals surface area contributed by atoms with Crippen LogP contribution >= 0.6 is 11.8 Å². The monoisotopic (exact) mass is 780 g/mol. The van der Waals surface area contributed by atoms with Gasteiger partial charge in [-0.15, -0.1) is 11.8 Å². The molecule has 1 aliphatic heterocycles. The van der Waals surface area contributed by atoms with Gasteiger partial charge in [-0.1, -0.05) is 59.9 Å². The van der Waals surface area contributed by atoms with Gasteiger partial charge < -0.3 is 19.1 Å². The van der Waals surface area contributed by atoms with E-state index in [9.17, 15) is 32.0 Å². The van der Waals surface area contributed by atoms with Gasteiger partial charge in [0.15, 0.2) is 17.1 Å². The topological polar surface area (TPSA) is 54.8 Å². The number of rotatable bonds is 12. The molecule has 6 nitrogen and oxygen atoms in total. The Hall–Kier alpha value is -4.52. The van der Waals surface area contributed by atoms with E-state index < -0.39 is 250 Å². The van der Waals surface area contributed by atoms with Crippen molar-refractivity contribution in [3.8, 4) is 11.1 Å². The maximum atomic E-state index is 15.9. The minimum atomic E-state index is -5.57. The first-order valence-corrected chi connectivity index (χ1v) is 15.5. The van der Waals surface area contributed by atoms with Crippen LogP contribution in [0, 0.1) is 18.6 Å². The summed E-state index contributed by atoms with van der Waals surface area (Å²) in [5.74, 6) is -8.14. The molecule has 5 aromatic rings.